The van der Waals surface area contributed by atoms with Crippen molar-refractivity contribution in [2.24, 2.45) is 10.1 Å². The van der Waals surface area contributed by atoms with Gasteiger partial charge in [-0.25, -0.2) is 0 Å². The number of carbonyl (C=O) groups excluding carboxylic acids is 1. The Kier molecular flexibility index (Phi) is 7.40. The van der Waals surface area contributed by atoms with Crippen LogP contribution in [0.25, 0.3) is 0 Å². The first-order valence-corrected chi connectivity index (χ1v) is 4.83. The highest BCUT2D eigenvalue weighted by Crippen LogP contribution is 1.84. The van der Waals surface area contributed by atoms with E-state index in [0.717, 1.165) is 0 Å². The third-order valence-electron chi connectivity index (χ3n) is 1.59. The Bertz CT molecular complexity index is 330. The lowest BCUT2D eigenvalue weighted by atomic mass is 10.3. The summed E-state index contributed by atoms with van der Waals surface area (Å²) in [7, 11) is 1.57. The first kappa shape index (κ1) is 14.1. The highest BCUT2D eigenvalue weighted by atomic mass is 16.6. The van der Waals surface area contributed by atoms with Gasteiger partial charge in [0.15, 0.2) is 0 Å². The molecule has 0 aromatic rings. The molecule has 0 aliphatic heterocycles. The van der Waals surface area contributed by atoms with E-state index < -0.39 is 0 Å². The Labute approximate surface area is 95.6 Å². The molecule has 88 valence electrons. The molecular formula is C11H17N3O2. The number of hydrogen-bond donors (Lipinski definition) is 1. The zero-order chi connectivity index (χ0) is 12.4. The number of carbonyl (C=O) groups is 1. The zero-order valence-corrected chi connectivity index (χ0v) is 9.86. The fourth-order valence-corrected chi connectivity index (χ4v) is 0.868. The van der Waals surface area contributed by atoms with E-state index in [1.165, 1.54) is 6.26 Å². The fraction of sp³-hybridized carbons (Fsp3) is 0.364. The minimum absolute atomic E-state index is 0.242. The summed E-state index contributed by atoms with van der Waals surface area (Å²) in [5.74, 6) is -0.242. The summed E-state index contributed by atoms with van der Waals surface area (Å²) in [6.07, 6.45) is 4.61. The summed E-state index contributed by atoms with van der Waals surface area (Å²) in [4.78, 5) is 20.0. The first-order chi connectivity index (χ1) is 7.65. The van der Waals surface area contributed by atoms with Crippen LogP contribution in [-0.4, -0.2) is 30.9 Å². The van der Waals surface area contributed by atoms with Crippen molar-refractivity contribution in [1.29, 1.82) is 0 Å². The Hall–Kier alpha value is -1.91. The molecule has 1 N–H and O–H groups in total. The molecule has 0 spiro atoms. The Balaban J connectivity index is 4.21. The molecule has 0 rings (SSSR count). The molecule has 1 amide bonds. The van der Waals surface area contributed by atoms with Crippen LogP contribution in [-0.2, 0) is 9.63 Å². The van der Waals surface area contributed by atoms with Crippen molar-refractivity contribution in [2.45, 2.75) is 13.8 Å². The van der Waals surface area contributed by atoms with Crippen molar-refractivity contribution in [3.05, 3.63) is 25.0 Å². The van der Waals surface area contributed by atoms with Gasteiger partial charge in [0.25, 0.3) is 5.91 Å². The van der Waals surface area contributed by atoms with Crippen LogP contribution in [0.1, 0.15) is 13.8 Å². The molecule has 0 aliphatic rings. The molecule has 5 nitrogen and oxygen atoms in total. The van der Waals surface area contributed by atoms with Crippen molar-refractivity contribution >= 4 is 17.3 Å². The maximum Gasteiger partial charge on any atom is 0.269 e. The van der Waals surface area contributed by atoms with Crippen LogP contribution in [0.3, 0.4) is 0 Å². The van der Waals surface area contributed by atoms with Crippen LogP contribution in [0.2, 0.25) is 0 Å². The van der Waals surface area contributed by atoms with Gasteiger partial charge in [-0.3, -0.25) is 9.79 Å². The standard InChI is InChI=1S/C11H17N3O2/c1-5-7-10(12-4)11(15)13-8-9(3)14-16-6-2/h5-7H,2,8H2,1,3-4H3,(H,13,15)/b7-5-,12-10?,14-9+. The molecule has 0 aliphatic carbocycles. The Morgan fingerprint density at radius 2 is 2.25 bits per heavy atom. The average Bonchev–Trinajstić information content (AvgIpc) is 2.30. The molecule has 0 unspecified atom stereocenters. The number of allylic oxidation sites excluding steroid dienone is 1. The molecule has 0 aromatic heterocycles. The van der Waals surface area contributed by atoms with E-state index in [9.17, 15) is 4.79 Å². The second-order valence-corrected chi connectivity index (χ2v) is 2.89. The van der Waals surface area contributed by atoms with E-state index in [1.807, 2.05) is 6.92 Å². The molecule has 0 bridgehead atoms. The Morgan fingerprint density at radius 1 is 1.56 bits per heavy atom. The van der Waals surface area contributed by atoms with Gasteiger partial charge in [0.05, 0.1) is 12.3 Å². The highest BCUT2D eigenvalue weighted by Gasteiger charge is 2.06. The van der Waals surface area contributed by atoms with Crippen molar-refractivity contribution < 1.29 is 9.63 Å². The molecule has 0 fully saturated rings. The lowest BCUT2D eigenvalue weighted by Crippen LogP contribution is -2.33. The number of nitrogens with zero attached hydrogens (tertiary/aromatic N) is 2. The first-order valence-electron chi connectivity index (χ1n) is 4.83. The van der Waals surface area contributed by atoms with Crippen molar-refractivity contribution in [1.82, 2.24) is 5.32 Å². The van der Waals surface area contributed by atoms with E-state index in [0.29, 0.717) is 18.0 Å². The number of hydrogen-bond acceptors (Lipinski definition) is 4. The average molecular weight is 223 g/mol. The van der Waals surface area contributed by atoms with Gasteiger partial charge in [0, 0.05) is 7.05 Å². The van der Waals surface area contributed by atoms with Gasteiger partial charge in [-0.15, -0.1) is 0 Å². The van der Waals surface area contributed by atoms with Crippen LogP contribution < -0.4 is 5.32 Å². The number of oxime groups is 1. The normalized spacial score (nSPS) is 12.7. The van der Waals surface area contributed by atoms with E-state index >= 15 is 0 Å². The molecule has 0 atom stereocenters. The van der Waals surface area contributed by atoms with Crippen LogP contribution >= 0.6 is 0 Å². The van der Waals surface area contributed by atoms with Crippen LogP contribution in [0, 0.1) is 0 Å². The second-order valence-electron chi connectivity index (χ2n) is 2.89. The number of aliphatic imine (C=N–C) groups is 1. The molecule has 0 radical (unpaired) electrons. The van der Waals surface area contributed by atoms with Gasteiger partial charge in [-0.1, -0.05) is 17.8 Å². The Morgan fingerprint density at radius 3 is 2.75 bits per heavy atom. The lowest BCUT2D eigenvalue weighted by molar-refractivity contribution is -0.114. The van der Waals surface area contributed by atoms with E-state index in [1.54, 1.807) is 26.1 Å². The van der Waals surface area contributed by atoms with Gasteiger partial charge in [-0.2, -0.15) is 0 Å². The van der Waals surface area contributed by atoms with Crippen molar-refractivity contribution in [3.8, 4) is 0 Å². The van der Waals surface area contributed by atoms with Crippen molar-refractivity contribution in [2.75, 3.05) is 13.6 Å². The second kappa shape index (κ2) is 8.40. The predicted octanol–water partition coefficient (Wildman–Crippen LogP) is 1.29. The summed E-state index contributed by atoms with van der Waals surface area (Å²) in [6, 6.07) is 0. The summed E-state index contributed by atoms with van der Waals surface area (Å²) >= 11 is 0. The molecular weight excluding hydrogens is 206 g/mol. The zero-order valence-electron chi connectivity index (χ0n) is 9.86. The van der Waals surface area contributed by atoms with Gasteiger partial charge in [0.1, 0.15) is 12.0 Å². The molecule has 0 saturated heterocycles. The molecule has 5 heteroatoms. The smallest absolute Gasteiger partial charge is 0.269 e. The SMILES string of the molecule is C=CO/N=C(\C)CNC(=O)C(/C=C\C)=NC. The maximum atomic E-state index is 11.5. The third-order valence-corrected chi connectivity index (χ3v) is 1.59. The van der Waals surface area contributed by atoms with Crippen molar-refractivity contribution in [3.63, 3.8) is 0 Å². The summed E-state index contributed by atoms with van der Waals surface area (Å²) < 4.78 is 0. The topological polar surface area (TPSA) is 63.0 Å². The molecule has 0 saturated carbocycles. The summed E-state index contributed by atoms with van der Waals surface area (Å²) in [5, 5.41) is 6.33. The van der Waals surface area contributed by atoms with Crippen LogP contribution in [0.5, 0.6) is 0 Å². The van der Waals surface area contributed by atoms with Gasteiger partial charge in [-0.05, 0) is 19.9 Å². The van der Waals surface area contributed by atoms with Gasteiger partial charge < -0.3 is 10.2 Å². The monoisotopic (exact) mass is 223 g/mol. The quantitative estimate of drug-likeness (QED) is 0.419. The molecule has 16 heavy (non-hydrogen) atoms. The minimum Gasteiger partial charge on any atom is -0.365 e. The van der Waals surface area contributed by atoms with Gasteiger partial charge >= 0.3 is 0 Å². The maximum absolute atomic E-state index is 11.5. The highest BCUT2D eigenvalue weighted by molar-refractivity contribution is 6.43. The summed E-state index contributed by atoms with van der Waals surface area (Å²) in [5.41, 5.74) is 1.02. The predicted molar refractivity (Wildman–Crippen MR) is 65.6 cm³/mol. The lowest BCUT2D eigenvalue weighted by Gasteiger charge is -2.03. The van der Waals surface area contributed by atoms with Gasteiger partial charge in [0.2, 0.25) is 0 Å². The number of nitrogens with one attached hydrogen (secondary N) is 1. The molecule has 0 heterocycles. The largest absolute Gasteiger partial charge is 0.365 e. The van der Waals surface area contributed by atoms with E-state index in [4.69, 9.17) is 0 Å². The number of rotatable bonds is 6. The minimum atomic E-state index is -0.242. The third kappa shape index (κ3) is 5.74. The van der Waals surface area contributed by atoms with Crippen LogP contribution in [0.15, 0.2) is 35.1 Å². The fourth-order valence-electron chi connectivity index (χ4n) is 0.868. The van der Waals surface area contributed by atoms with E-state index in [-0.39, 0.29) is 5.91 Å². The molecule has 0 aromatic carbocycles. The van der Waals surface area contributed by atoms with E-state index in [2.05, 4.69) is 26.9 Å². The van der Waals surface area contributed by atoms with Crippen LogP contribution in [0.4, 0.5) is 0 Å². The summed E-state index contributed by atoms with van der Waals surface area (Å²) in [6.45, 7) is 7.22. The number of amides is 1.